The quantitative estimate of drug-likeness (QED) is 0.428. The third-order valence-corrected chi connectivity index (χ3v) is 4.31. The summed E-state index contributed by atoms with van der Waals surface area (Å²) in [5, 5.41) is 18.8. The summed E-state index contributed by atoms with van der Waals surface area (Å²) in [6.45, 7) is 2.93. The third-order valence-electron chi connectivity index (χ3n) is 4.31. The third kappa shape index (κ3) is 4.68. The number of halogens is 1. The maximum absolute atomic E-state index is 12.9. The molecule has 0 saturated carbocycles. The average Bonchev–Trinajstić information content (AvgIpc) is 3.19. The largest absolute Gasteiger partial charge is 0.492 e. The number of ether oxygens (including phenoxy) is 1. The van der Waals surface area contributed by atoms with Crippen molar-refractivity contribution in [1.82, 2.24) is 15.1 Å². The van der Waals surface area contributed by atoms with E-state index in [0.29, 0.717) is 36.2 Å². The Labute approximate surface area is 160 Å². The van der Waals surface area contributed by atoms with Gasteiger partial charge in [-0.05, 0) is 50.4 Å². The molecule has 0 aliphatic heterocycles. The second-order valence-corrected chi connectivity index (χ2v) is 6.21. The molecular weight excluding hydrogens is 367 g/mol. The molecule has 1 heterocycles. The normalized spacial score (nSPS) is 12.1. The van der Waals surface area contributed by atoms with Crippen molar-refractivity contribution in [3.05, 3.63) is 70.4 Å². The van der Waals surface area contributed by atoms with Gasteiger partial charge < -0.3 is 9.15 Å². The Hall–Kier alpha value is -3.33. The number of rotatable bonds is 8. The molecule has 0 spiro atoms. The fourth-order valence-electron chi connectivity index (χ4n) is 2.47. The van der Waals surface area contributed by atoms with Crippen LogP contribution in [0, 0.1) is 15.9 Å². The smallest absolute Gasteiger partial charge is 0.269 e. The van der Waals surface area contributed by atoms with Crippen molar-refractivity contribution in [1.29, 1.82) is 0 Å². The van der Waals surface area contributed by atoms with Gasteiger partial charge in [-0.2, -0.15) is 0 Å². The molecule has 3 rings (SSSR count). The first-order valence-electron chi connectivity index (χ1n) is 8.61. The molecule has 0 bridgehead atoms. The summed E-state index contributed by atoms with van der Waals surface area (Å²) in [6.07, 6.45) is 0. The Balaban J connectivity index is 1.57. The molecule has 1 aromatic heterocycles. The minimum absolute atomic E-state index is 0.00209. The van der Waals surface area contributed by atoms with Crippen LogP contribution < -0.4 is 4.74 Å². The number of non-ortho nitro benzene ring substituents is 1. The summed E-state index contributed by atoms with van der Waals surface area (Å²) in [6, 6.07) is 11.6. The minimum atomic E-state index is -0.464. The predicted molar refractivity (Wildman–Crippen MR) is 99.3 cm³/mol. The van der Waals surface area contributed by atoms with Gasteiger partial charge in [0.25, 0.3) is 5.69 Å². The van der Waals surface area contributed by atoms with Crippen molar-refractivity contribution >= 4 is 5.69 Å². The van der Waals surface area contributed by atoms with E-state index >= 15 is 0 Å². The summed E-state index contributed by atoms with van der Waals surface area (Å²) < 4.78 is 24.2. The summed E-state index contributed by atoms with van der Waals surface area (Å²) in [4.78, 5) is 12.2. The van der Waals surface area contributed by atoms with Crippen LogP contribution in [0.1, 0.15) is 18.9 Å². The first-order valence-corrected chi connectivity index (χ1v) is 8.61. The van der Waals surface area contributed by atoms with Gasteiger partial charge in [-0.25, -0.2) is 4.39 Å². The highest BCUT2D eigenvalue weighted by Crippen LogP contribution is 2.24. The van der Waals surface area contributed by atoms with Gasteiger partial charge in [0, 0.05) is 24.2 Å². The number of nitro benzene ring substituents is 1. The van der Waals surface area contributed by atoms with Crippen LogP contribution in [-0.4, -0.2) is 40.2 Å². The Morgan fingerprint density at radius 3 is 2.50 bits per heavy atom. The van der Waals surface area contributed by atoms with Crippen LogP contribution >= 0.6 is 0 Å². The van der Waals surface area contributed by atoms with Crippen molar-refractivity contribution < 1.29 is 18.5 Å². The van der Waals surface area contributed by atoms with E-state index in [0.717, 1.165) is 0 Å². The molecule has 0 saturated heterocycles. The molecule has 2 aromatic carbocycles. The van der Waals surface area contributed by atoms with E-state index < -0.39 is 4.92 Å². The Morgan fingerprint density at radius 1 is 1.18 bits per heavy atom. The van der Waals surface area contributed by atoms with Crippen LogP contribution in [0.15, 0.2) is 52.9 Å². The lowest BCUT2D eigenvalue weighted by Gasteiger charge is -2.21. The van der Waals surface area contributed by atoms with Gasteiger partial charge in [-0.15, -0.1) is 10.2 Å². The number of nitro groups is 1. The molecule has 0 radical (unpaired) electrons. The Kier molecular flexibility index (Phi) is 5.95. The fraction of sp³-hybridized carbons (Fsp3) is 0.263. The second kappa shape index (κ2) is 8.57. The fourth-order valence-corrected chi connectivity index (χ4v) is 2.47. The van der Waals surface area contributed by atoms with Crippen LogP contribution in [0.3, 0.4) is 0 Å². The molecule has 9 heteroatoms. The van der Waals surface area contributed by atoms with E-state index in [4.69, 9.17) is 9.15 Å². The number of aromatic nitrogens is 2. The molecule has 0 fully saturated rings. The molecule has 0 aliphatic rings. The number of hydrogen-bond acceptors (Lipinski definition) is 7. The number of hydrogen-bond donors (Lipinski definition) is 0. The molecule has 0 N–H and O–H groups in total. The van der Waals surface area contributed by atoms with Gasteiger partial charge in [0.1, 0.15) is 18.2 Å². The Morgan fingerprint density at radius 2 is 1.86 bits per heavy atom. The zero-order chi connectivity index (χ0) is 20.1. The molecule has 28 heavy (non-hydrogen) atoms. The number of benzene rings is 2. The van der Waals surface area contributed by atoms with E-state index in [9.17, 15) is 14.5 Å². The van der Waals surface area contributed by atoms with Crippen molar-refractivity contribution in [3.8, 4) is 17.2 Å². The highest BCUT2D eigenvalue weighted by atomic mass is 19.1. The SMILES string of the molecule is C[C@@H](c1nnc(-c2ccc([N+](=O)[O-])cc2)o1)N(C)CCOc1ccc(F)cc1. The minimum Gasteiger partial charge on any atom is -0.492 e. The van der Waals surface area contributed by atoms with Crippen LogP contribution in [0.25, 0.3) is 11.5 Å². The van der Waals surface area contributed by atoms with Gasteiger partial charge in [0.15, 0.2) is 0 Å². The van der Waals surface area contributed by atoms with Crippen LogP contribution in [-0.2, 0) is 0 Å². The van der Waals surface area contributed by atoms with Crippen LogP contribution in [0.4, 0.5) is 10.1 Å². The lowest BCUT2D eigenvalue weighted by atomic mass is 10.2. The molecule has 0 unspecified atom stereocenters. The van der Waals surface area contributed by atoms with Gasteiger partial charge >= 0.3 is 0 Å². The Bertz CT molecular complexity index is 928. The van der Waals surface area contributed by atoms with Crippen molar-refractivity contribution in [2.45, 2.75) is 13.0 Å². The van der Waals surface area contributed by atoms with Crippen molar-refractivity contribution in [2.24, 2.45) is 0 Å². The van der Waals surface area contributed by atoms with E-state index in [1.807, 2.05) is 18.9 Å². The van der Waals surface area contributed by atoms with E-state index in [2.05, 4.69) is 10.2 Å². The summed E-state index contributed by atoms with van der Waals surface area (Å²) >= 11 is 0. The highest BCUT2D eigenvalue weighted by Gasteiger charge is 2.19. The average molecular weight is 386 g/mol. The second-order valence-electron chi connectivity index (χ2n) is 6.21. The standard InChI is InChI=1S/C19H19FN4O4/c1-13(23(2)11-12-27-17-9-5-15(20)6-10-17)18-21-22-19(28-18)14-3-7-16(8-4-14)24(25)26/h3-10,13H,11-12H2,1-2H3/t13-/m0/s1. The van der Waals surface area contributed by atoms with Gasteiger partial charge in [0.05, 0.1) is 11.0 Å². The topological polar surface area (TPSA) is 94.5 Å². The lowest BCUT2D eigenvalue weighted by molar-refractivity contribution is -0.384. The van der Waals surface area contributed by atoms with E-state index in [-0.39, 0.29) is 17.5 Å². The molecule has 8 nitrogen and oxygen atoms in total. The van der Waals surface area contributed by atoms with E-state index in [1.54, 1.807) is 24.3 Å². The molecule has 0 aliphatic carbocycles. The van der Waals surface area contributed by atoms with Gasteiger partial charge in [-0.3, -0.25) is 15.0 Å². The maximum atomic E-state index is 12.9. The number of nitrogens with zero attached hydrogens (tertiary/aromatic N) is 4. The van der Waals surface area contributed by atoms with Crippen molar-refractivity contribution in [2.75, 3.05) is 20.2 Å². The first kappa shape index (κ1) is 19.4. The van der Waals surface area contributed by atoms with Crippen molar-refractivity contribution in [3.63, 3.8) is 0 Å². The zero-order valence-corrected chi connectivity index (χ0v) is 15.4. The van der Waals surface area contributed by atoms with Gasteiger partial charge in [0.2, 0.25) is 11.8 Å². The summed E-state index contributed by atoms with van der Waals surface area (Å²) in [5.41, 5.74) is 0.608. The van der Waals surface area contributed by atoms with Gasteiger partial charge in [-0.1, -0.05) is 0 Å². The summed E-state index contributed by atoms with van der Waals surface area (Å²) in [7, 11) is 1.90. The first-order chi connectivity index (χ1) is 13.4. The molecule has 3 aromatic rings. The number of likely N-dealkylation sites (N-methyl/N-ethyl adjacent to an activating group) is 1. The molecular formula is C19H19FN4O4. The summed E-state index contributed by atoms with van der Waals surface area (Å²) in [5.74, 6) is 1.02. The van der Waals surface area contributed by atoms with Crippen LogP contribution in [0.5, 0.6) is 5.75 Å². The highest BCUT2D eigenvalue weighted by molar-refractivity contribution is 5.55. The zero-order valence-electron chi connectivity index (χ0n) is 15.4. The van der Waals surface area contributed by atoms with Crippen LogP contribution in [0.2, 0.25) is 0 Å². The lowest BCUT2D eigenvalue weighted by Crippen LogP contribution is -2.27. The maximum Gasteiger partial charge on any atom is 0.269 e. The molecule has 1 atom stereocenters. The van der Waals surface area contributed by atoms with E-state index in [1.165, 1.54) is 24.3 Å². The monoisotopic (exact) mass is 386 g/mol. The predicted octanol–water partition coefficient (Wildman–Crippen LogP) is 3.86. The molecule has 0 amide bonds. The molecule has 146 valence electrons.